The molecule has 2 N–H and O–H groups in total. The Morgan fingerprint density at radius 1 is 1.46 bits per heavy atom. The van der Waals surface area contributed by atoms with Gasteiger partial charge in [0.15, 0.2) is 0 Å². The van der Waals surface area contributed by atoms with Crippen molar-refractivity contribution in [3.05, 3.63) is 0 Å². The first kappa shape index (κ1) is 11.3. The molecule has 0 aromatic heterocycles. The van der Waals surface area contributed by atoms with Crippen molar-refractivity contribution < 1.29 is 5.11 Å². The molecule has 0 amide bonds. The third-order valence-corrected chi connectivity index (χ3v) is 3.65. The van der Waals surface area contributed by atoms with Gasteiger partial charge in [-0.05, 0) is 43.7 Å². The van der Waals surface area contributed by atoms with E-state index in [-0.39, 0.29) is 6.10 Å². The molecule has 1 atom stereocenters. The van der Waals surface area contributed by atoms with Crippen molar-refractivity contribution in [2.75, 3.05) is 18.1 Å². The first-order valence-electron chi connectivity index (χ1n) is 5.32. The number of aliphatic hydroxyl groups excluding tert-OH is 1. The fourth-order valence-electron chi connectivity index (χ4n) is 1.56. The highest BCUT2D eigenvalue weighted by Gasteiger charge is 2.12. The van der Waals surface area contributed by atoms with Crippen LogP contribution in [0.1, 0.15) is 32.6 Å². The summed E-state index contributed by atoms with van der Waals surface area (Å²) in [5.41, 5.74) is 0. The molecule has 1 unspecified atom stereocenters. The molecule has 0 radical (unpaired) electrons. The molecule has 0 saturated carbocycles. The molecule has 78 valence electrons. The minimum atomic E-state index is -0.106. The quantitative estimate of drug-likeness (QED) is 0.712. The summed E-state index contributed by atoms with van der Waals surface area (Å²) in [5.74, 6) is 2.60. The first-order valence-corrected chi connectivity index (χ1v) is 6.47. The van der Waals surface area contributed by atoms with Crippen LogP contribution in [0.2, 0.25) is 0 Å². The molecule has 1 fully saturated rings. The zero-order valence-corrected chi connectivity index (χ0v) is 9.28. The lowest BCUT2D eigenvalue weighted by Gasteiger charge is -2.23. The summed E-state index contributed by atoms with van der Waals surface area (Å²) in [6.07, 6.45) is 4.27. The minimum absolute atomic E-state index is 0.106. The van der Waals surface area contributed by atoms with Crippen molar-refractivity contribution >= 4 is 11.8 Å². The summed E-state index contributed by atoms with van der Waals surface area (Å²) in [7, 11) is 0. The van der Waals surface area contributed by atoms with E-state index in [1.165, 1.54) is 24.3 Å². The van der Waals surface area contributed by atoms with E-state index in [0.717, 1.165) is 19.4 Å². The Labute approximate surface area is 85.5 Å². The maximum Gasteiger partial charge on any atom is 0.0549 e. The van der Waals surface area contributed by atoms with Crippen LogP contribution in [-0.2, 0) is 0 Å². The fraction of sp³-hybridized carbons (Fsp3) is 1.00. The van der Waals surface area contributed by atoms with Crippen LogP contribution in [0.15, 0.2) is 0 Å². The van der Waals surface area contributed by atoms with E-state index < -0.39 is 0 Å². The molecule has 0 aromatic carbocycles. The summed E-state index contributed by atoms with van der Waals surface area (Å²) in [6, 6.07) is 0.713. The standard InChI is InChI=1S/C10H21NOS/c1-2-10(12)3-6-11-9-4-7-13-8-5-9/h9-12H,2-8H2,1H3. The van der Waals surface area contributed by atoms with Crippen molar-refractivity contribution in [2.45, 2.75) is 44.8 Å². The lowest BCUT2D eigenvalue weighted by atomic mass is 10.1. The summed E-state index contributed by atoms with van der Waals surface area (Å²) in [5, 5.41) is 12.9. The molecular weight excluding hydrogens is 182 g/mol. The number of aliphatic hydroxyl groups is 1. The molecule has 3 heteroatoms. The van der Waals surface area contributed by atoms with Crippen LogP contribution in [0, 0.1) is 0 Å². The smallest absolute Gasteiger partial charge is 0.0549 e. The highest BCUT2D eigenvalue weighted by atomic mass is 32.2. The molecule has 2 nitrogen and oxygen atoms in total. The Morgan fingerprint density at radius 3 is 2.77 bits per heavy atom. The van der Waals surface area contributed by atoms with Gasteiger partial charge >= 0.3 is 0 Å². The average molecular weight is 203 g/mol. The van der Waals surface area contributed by atoms with Crippen molar-refractivity contribution in [3.63, 3.8) is 0 Å². The van der Waals surface area contributed by atoms with Crippen molar-refractivity contribution in [2.24, 2.45) is 0 Å². The van der Waals surface area contributed by atoms with E-state index in [0.29, 0.717) is 6.04 Å². The van der Waals surface area contributed by atoms with Crippen LogP contribution < -0.4 is 5.32 Å². The highest BCUT2D eigenvalue weighted by molar-refractivity contribution is 7.99. The van der Waals surface area contributed by atoms with Gasteiger partial charge in [0.1, 0.15) is 0 Å². The second kappa shape index (κ2) is 6.68. The van der Waals surface area contributed by atoms with E-state index in [9.17, 15) is 5.11 Å². The lowest BCUT2D eigenvalue weighted by molar-refractivity contribution is 0.158. The Bertz CT molecular complexity index is 126. The van der Waals surface area contributed by atoms with E-state index in [1.807, 2.05) is 6.92 Å². The Hall–Kier alpha value is 0.270. The van der Waals surface area contributed by atoms with Gasteiger partial charge in [-0.25, -0.2) is 0 Å². The Balaban J connectivity index is 1.98. The van der Waals surface area contributed by atoms with E-state index in [4.69, 9.17) is 0 Å². The molecule has 1 heterocycles. The van der Waals surface area contributed by atoms with Gasteiger partial charge in [0, 0.05) is 6.04 Å². The predicted molar refractivity (Wildman–Crippen MR) is 59.3 cm³/mol. The van der Waals surface area contributed by atoms with Gasteiger partial charge in [-0.2, -0.15) is 11.8 Å². The molecule has 0 spiro atoms. The maximum absolute atomic E-state index is 9.34. The third kappa shape index (κ3) is 4.89. The van der Waals surface area contributed by atoms with Crippen molar-refractivity contribution in [3.8, 4) is 0 Å². The highest BCUT2D eigenvalue weighted by Crippen LogP contribution is 2.16. The molecule has 1 aliphatic heterocycles. The fourth-order valence-corrected chi connectivity index (χ4v) is 2.67. The molecule has 1 saturated heterocycles. The van der Waals surface area contributed by atoms with Gasteiger partial charge in [-0.1, -0.05) is 6.92 Å². The normalized spacial score (nSPS) is 21.7. The predicted octanol–water partition coefficient (Wildman–Crippen LogP) is 1.63. The van der Waals surface area contributed by atoms with Gasteiger partial charge in [-0.3, -0.25) is 0 Å². The molecule has 1 rings (SSSR count). The number of nitrogens with one attached hydrogen (secondary N) is 1. The molecule has 0 aliphatic carbocycles. The van der Waals surface area contributed by atoms with Crippen LogP contribution >= 0.6 is 11.8 Å². The molecular formula is C10H21NOS. The van der Waals surface area contributed by atoms with Crippen molar-refractivity contribution in [1.82, 2.24) is 5.32 Å². The van der Waals surface area contributed by atoms with E-state index in [1.54, 1.807) is 0 Å². The summed E-state index contributed by atoms with van der Waals surface area (Å²) < 4.78 is 0. The number of thioether (sulfide) groups is 1. The Kier molecular flexibility index (Phi) is 5.83. The van der Waals surface area contributed by atoms with Crippen LogP contribution in [-0.4, -0.2) is 35.3 Å². The van der Waals surface area contributed by atoms with E-state index in [2.05, 4.69) is 17.1 Å². The van der Waals surface area contributed by atoms with Crippen LogP contribution in [0.25, 0.3) is 0 Å². The topological polar surface area (TPSA) is 32.3 Å². The third-order valence-electron chi connectivity index (χ3n) is 2.60. The summed E-state index contributed by atoms with van der Waals surface area (Å²) >= 11 is 2.05. The first-order chi connectivity index (χ1) is 6.33. The van der Waals surface area contributed by atoms with Gasteiger partial charge in [0.05, 0.1) is 6.10 Å². The Morgan fingerprint density at radius 2 is 2.15 bits per heavy atom. The van der Waals surface area contributed by atoms with Crippen LogP contribution in [0.4, 0.5) is 0 Å². The second-order valence-electron chi connectivity index (χ2n) is 3.69. The molecule has 13 heavy (non-hydrogen) atoms. The molecule has 0 aromatic rings. The van der Waals surface area contributed by atoms with Crippen molar-refractivity contribution in [1.29, 1.82) is 0 Å². The minimum Gasteiger partial charge on any atom is -0.393 e. The van der Waals surface area contributed by atoms with Gasteiger partial charge < -0.3 is 10.4 Å². The molecule has 1 aliphatic rings. The van der Waals surface area contributed by atoms with Gasteiger partial charge in [0.2, 0.25) is 0 Å². The number of hydrogen-bond acceptors (Lipinski definition) is 3. The van der Waals surface area contributed by atoms with E-state index >= 15 is 0 Å². The van der Waals surface area contributed by atoms with Gasteiger partial charge in [-0.15, -0.1) is 0 Å². The maximum atomic E-state index is 9.34. The van der Waals surface area contributed by atoms with Gasteiger partial charge in [0.25, 0.3) is 0 Å². The zero-order chi connectivity index (χ0) is 9.52. The summed E-state index contributed by atoms with van der Waals surface area (Å²) in [6.45, 7) is 3.01. The summed E-state index contributed by atoms with van der Waals surface area (Å²) in [4.78, 5) is 0. The second-order valence-corrected chi connectivity index (χ2v) is 4.92. The zero-order valence-electron chi connectivity index (χ0n) is 8.46. The average Bonchev–Trinajstić information content (AvgIpc) is 2.19. The SMILES string of the molecule is CCC(O)CCNC1CCSCC1. The monoisotopic (exact) mass is 203 g/mol. The van der Waals surface area contributed by atoms with Crippen LogP contribution in [0.5, 0.6) is 0 Å². The van der Waals surface area contributed by atoms with Crippen LogP contribution in [0.3, 0.4) is 0 Å². The molecule has 0 bridgehead atoms. The largest absolute Gasteiger partial charge is 0.393 e. The lowest BCUT2D eigenvalue weighted by Crippen LogP contribution is -2.34. The number of hydrogen-bond donors (Lipinski definition) is 2. The number of rotatable bonds is 5.